The number of aryl methyl sites for hydroxylation is 2. The zero-order valence-corrected chi connectivity index (χ0v) is 14.6. The summed E-state index contributed by atoms with van der Waals surface area (Å²) in [5.41, 5.74) is 12.1. The van der Waals surface area contributed by atoms with Gasteiger partial charge >= 0.3 is 0 Å². The van der Waals surface area contributed by atoms with E-state index in [9.17, 15) is 4.79 Å². The maximum atomic E-state index is 12.7. The maximum absolute atomic E-state index is 12.7. The van der Waals surface area contributed by atoms with Gasteiger partial charge in [0.25, 0.3) is 5.91 Å². The van der Waals surface area contributed by atoms with Gasteiger partial charge in [-0.2, -0.15) is 0 Å². The van der Waals surface area contributed by atoms with Gasteiger partial charge in [0.15, 0.2) is 0 Å². The summed E-state index contributed by atoms with van der Waals surface area (Å²) in [7, 11) is 0. The van der Waals surface area contributed by atoms with Gasteiger partial charge in [-0.3, -0.25) is 4.79 Å². The van der Waals surface area contributed by atoms with Crippen molar-refractivity contribution in [2.24, 2.45) is 0 Å². The van der Waals surface area contributed by atoms with E-state index < -0.39 is 0 Å². The van der Waals surface area contributed by atoms with E-state index in [1.807, 2.05) is 41.8 Å². The third-order valence-corrected chi connectivity index (χ3v) is 4.97. The second kappa shape index (κ2) is 6.89. The van der Waals surface area contributed by atoms with Crippen molar-refractivity contribution >= 4 is 22.2 Å². The topological polar surface area (TPSA) is 55.1 Å². The number of carbonyl (C=O) groups excluding carboxylic acids is 1. The average molecular weight is 336 g/mol. The van der Waals surface area contributed by atoms with E-state index in [1.165, 1.54) is 22.5 Å². The van der Waals surface area contributed by atoms with Crippen molar-refractivity contribution in [3.63, 3.8) is 0 Å². The van der Waals surface area contributed by atoms with Gasteiger partial charge in [-0.25, -0.2) is 0 Å². The molecule has 0 saturated carbocycles. The van der Waals surface area contributed by atoms with E-state index >= 15 is 0 Å². The molecule has 24 heavy (non-hydrogen) atoms. The van der Waals surface area contributed by atoms with Crippen LogP contribution < -0.4 is 11.1 Å². The molecule has 0 saturated heterocycles. The molecule has 1 amide bonds. The lowest BCUT2D eigenvalue weighted by atomic mass is 9.99. The number of hydrogen-bond acceptors (Lipinski definition) is 3. The Kier molecular flexibility index (Phi) is 4.67. The van der Waals surface area contributed by atoms with Gasteiger partial charge in [-0.05, 0) is 36.1 Å². The first-order valence-electron chi connectivity index (χ1n) is 7.83. The number of anilines is 1. The minimum Gasteiger partial charge on any atom is -0.390 e. The number of carbonyl (C=O) groups is 1. The Balaban J connectivity index is 1.86. The second-order valence-corrected chi connectivity index (χ2v) is 6.77. The molecule has 0 radical (unpaired) electrons. The molecule has 0 aliphatic heterocycles. The average Bonchev–Trinajstić information content (AvgIpc) is 2.98. The molecule has 2 aromatic carbocycles. The molecule has 0 unspecified atom stereocenters. The van der Waals surface area contributed by atoms with E-state index in [0.717, 1.165) is 16.7 Å². The van der Waals surface area contributed by atoms with Gasteiger partial charge in [0, 0.05) is 17.5 Å². The van der Waals surface area contributed by atoms with Crippen LogP contribution in [0.15, 0.2) is 53.9 Å². The van der Waals surface area contributed by atoms with Gasteiger partial charge in [-0.15, -0.1) is 11.3 Å². The number of nitrogens with two attached hydrogens (primary N) is 1. The number of nitrogen functional groups attached to an aromatic ring is 1. The number of amides is 1. The Morgan fingerprint density at radius 3 is 2.54 bits per heavy atom. The van der Waals surface area contributed by atoms with Crippen molar-refractivity contribution < 1.29 is 4.79 Å². The molecular weight excluding hydrogens is 316 g/mol. The molecule has 3 nitrogen and oxygen atoms in total. The molecule has 3 aromatic rings. The van der Waals surface area contributed by atoms with Crippen LogP contribution in [0, 0.1) is 13.8 Å². The number of thiophene rings is 1. The summed E-state index contributed by atoms with van der Waals surface area (Å²) in [5, 5.41) is 5.47. The third kappa shape index (κ3) is 3.34. The number of benzene rings is 2. The number of rotatable bonds is 4. The smallest absolute Gasteiger partial charge is 0.255 e. The highest BCUT2D eigenvalue weighted by Gasteiger charge is 2.18. The van der Waals surface area contributed by atoms with Crippen molar-refractivity contribution in [2.45, 2.75) is 20.4 Å². The molecule has 1 heterocycles. The molecule has 0 aliphatic carbocycles. The summed E-state index contributed by atoms with van der Waals surface area (Å²) >= 11 is 1.40. The van der Waals surface area contributed by atoms with Crippen LogP contribution >= 0.6 is 11.3 Å². The number of nitrogens with one attached hydrogen (secondary N) is 1. The summed E-state index contributed by atoms with van der Waals surface area (Å²) in [5.74, 6) is -0.133. The van der Waals surface area contributed by atoms with Crippen LogP contribution in [0.2, 0.25) is 0 Å². The third-order valence-electron chi connectivity index (χ3n) is 4.16. The lowest BCUT2D eigenvalue weighted by Crippen LogP contribution is -2.23. The minimum atomic E-state index is -0.133. The van der Waals surface area contributed by atoms with Crippen LogP contribution in [0.25, 0.3) is 11.1 Å². The van der Waals surface area contributed by atoms with E-state index in [4.69, 9.17) is 5.73 Å². The highest BCUT2D eigenvalue weighted by molar-refractivity contribution is 7.15. The summed E-state index contributed by atoms with van der Waals surface area (Å²) in [4.78, 5) is 12.7. The lowest BCUT2D eigenvalue weighted by molar-refractivity contribution is 0.0953. The van der Waals surface area contributed by atoms with Crippen molar-refractivity contribution in [3.05, 3.63) is 76.2 Å². The van der Waals surface area contributed by atoms with Crippen molar-refractivity contribution in [2.75, 3.05) is 5.73 Å². The highest BCUT2D eigenvalue weighted by Crippen LogP contribution is 2.34. The van der Waals surface area contributed by atoms with Gasteiger partial charge in [0.1, 0.15) is 0 Å². The van der Waals surface area contributed by atoms with Crippen LogP contribution in [-0.2, 0) is 6.54 Å². The summed E-state index contributed by atoms with van der Waals surface area (Å²) in [6.45, 7) is 4.64. The van der Waals surface area contributed by atoms with Crippen LogP contribution in [0.1, 0.15) is 27.0 Å². The predicted molar refractivity (Wildman–Crippen MR) is 101 cm³/mol. The Hall–Kier alpha value is -2.59. The fraction of sp³-hybridized carbons (Fsp3) is 0.150. The lowest BCUT2D eigenvalue weighted by Gasteiger charge is -2.09. The van der Waals surface area contributed by atoms with E-state index in [-0.39, 0.29) is 5.91 Å². The Morgan fingerprint density at radius 2 is 1.83 bits per heavy atom. The van der Waals surface area contributed by atoms with Crippen LogP contribution in [0.5, 0.6) is 0 Å². The zero-order chi connectivity index (χ0) is 17.1. The SMILES string of the molecule is Cc1ccc(-c2csc(N)c2C(=O)NCc2ccccc2)cc1C. The zero-order valence-electron chi connectivity index (χ0n) is 13.8. The van der Waals surface area contributed by atoms with Gasteiger partial charge in [0.2, 0.25) is 0 Å². The monoisotopic (exact) mass is 336 g/mol. The van der Waals surface area contributed by atoms with Crippen molar-refractivity contribution in [1.29, 1.82) is 0 Å². The highest BCUT2D eigenvalue weighted by atomic mass is 32.1. The minimum absolute atomic E-state index is 0.133. The Bertz CT molecular complexity index is 869. The second-order valence-electron chi connectivity index (χ2n) is 5.86. The van der Waals surface area contributed by atoms with Crippen LogP contribution in [0.4, 0.5) is 5.00 Å². The van der Waals surface area contributed by atoms with Gasteiger partial charge in [0.05, 0.1) is 10.6 Å². The molecule has 1 aromatic heterocycles. The summed E-state index contributed by atoms with van der Waals surface area (Å²) in [6.07, 6.45) is 0. The molecule has 0 aliphatic rings. The first-order valence-corrected chi connectivity index (χ1v) is 8.71. The first-order chi connectivity index (χ1) is 11.6. The van der Waals surface area contributed by atoms with Crippen molar-refractivity contribution in [3.8, 4) is 11.1 Å². The van der Waals surface area contributed by atoms with Crippen LogP contribution in [-0.4, -0.2) is 5.91 Å². The van der Waals surface area contributed by atoms with E-state index in [1.54, 1.807) is 0 Å². The number of hydrogen-bond donors (Lipinski definition) is 2. The normalized spacial score (nSPS) is 10.6. The fourth-order valence-electron chi connectivity index (χ4n) is 2.60. The van der Waals surface area contributed by atoms with Gasteiger partial charge < -0.3 is 11.1 Å². The first kappa shape index (κ1) is 16.3. The molecule has 0 atom stereocenters. The quantitative estimate of drug-likeness (QED) is 0.734. The van der Waals surface area contributed by atoms with Crippen molar-refractivity contribution in [1.82, 2.24) is 5.32 Å². The summed E-state index contributed by atoms with van der Waals surface area (Å²) < 4.78 is 0. The molecular formula is C20H20N2OS. The van der Waals surface area contributed by atoms with Gasteiger partial charge in [-0.1, -0.05) is 48.5 Å². The standard InChI is InChI=1S/C20H20N2OS/c1-13-8-9-16(10-14(13)2)17-12-24-19(21)18(17)20(23)22-11-15-6-4-3-5-7-15/h3-10,12H,11,21H2,1-2H3,(H,22,23). The Morgan fingerprint density at radius 1 is 1.08 bits per heavy atom. The van der Waals surface area contributed by atoms with E-state index in [0.29, 0.717) is 17.1 Å². The fourth-order valence-corrected chi connectivity index (χ4v) is 3.41. The molecule has 3 rings (SSSR count). The predicted octanol–water partition coefficient (Wildman–Crippen LogP) is 4.54. The molecule has 0 bridgehead atoms. The molecule has 122 valence electrons. The largest absolute Gasteiger partial charge is 0.390 e. The molecule has 0 spiro atoms. The van der Waals surface area contributed by atoms with E-state index in [2.05, 4.69) is 31.3 Å². The Labute approximate surface area is 146 Å². The van der Waals surface area contributed by atoms with Crippen LogP contribution in [0.3, 0.4) is 0 Å². The molecule has 0 fully saturated rings. The molecule has 3 N–H and O–H groups in total. The molecule has 4 heteroatoms. The summed E-state index contributed by atoms with van der Waals surface area (Å²) in [6, 6.07) is 16.1. The maximum Gasteiger partial charge on any atom is 0.255 e.